The Balaban J connectivity index is 2.05. The molecule has 2 N–H and O–H groups in total. The molecule has 1 aromatic carbocycles. The van der Waals surface area contributed by atoms with Gasteiger partial charge in [0.25, 0.3) is 0 Å². The number of aryl methyl sites for hydroxylation is 1. The third-order valence-corrected chi connectivity index (χ3v) is 4.11. The normalized spacial score (nSPS) is 10.7. The lowest BCUT2D eigenvalue weighted by Crippen LogP contribution is -2.04. The molecule has 7 nitrogen and oxygen atoms in total. The van der Waals surface area contributed by atoms with Gasteiger partial charge in [-0.2, -0.15) is 10.2 Å². The van der Waals surface area contributed by atoms with Gasteiger partial charge in [-0.1, -0.05) is 17.4 Å². The summed E-state index contributed by atoms with van der Waals surface area (Å²) in [5, 5.41) is 20.3. The number of amides is 1. The van der Waals surface area contributed by atoms with Crippen molar-refractivity contribution >= 4 is 38.6 Å². The lowest BCUT2D eigenvalue weighted by molar-refractivity contribution is -0.114. The van der Waals surface area contributed by atoms with Crippen LogP contribution in [0.3, 0.4) is 0 Å². The molecular formula is C15H12N4O3S. The van der Waals surface area contributed by atoms with Crippen LogP contribution in [0.25, 0.3) is 21.5 Å². The topological polar surface area (TPSA) is 105 Å². The predicted octanol–water partition coefficient (Wildman–Crippen LogP) is 2.72. The van der Waals surface area contributed by atoms with Crippen molar-refractivity contribution in [2.75, 3.05) is 5.32 Å². The molecule has 0 aliphatic heterocycles. The number of aromatic carboxylic acids is 1. The molecule has 0 bridgehead atoms. The van der Waals surface area contributed by atoms with Crippen molar-refractivity contribution in [1.29, 1.82) is 0 Å². The Morgan fingerprint density at radius 2 is 2.00 bits per heavy atom. The van der Waals surface area contributed by atoms with Crippen molar-refractivity contribution in [1.82, 2.24) is 15.2 Å². The Bertz CT molecular complexity index is 936. The van der Waals surface area contributed by atoms with Crippen molar-refractivity contribution in [2.24, 2.45) is 0 Å². The molecule has 0 fully saturated rings. The Morgan fingerprint density at radius 3 is 2.70 bits per heavy atom. The lowest BCUT2D eigenvalue weighted by Gasteiger charge is -2.03. The fourth-order valence-corrected chi connectivity index (χ4v) is 3.05. The summed E-state index contributed by atoms with van der Waals surface area (Å²) in [5.41, 5.74) is 2.46. The Morgan fingerprint density at radius 1 is 1.22 bits per heavy atom. The highest BCUT2D eigenvalue weighted by molar-refractivity contribution is 7.22. The van der Waals surface area contributed by atoms with Crippen LogP contribution in [-0.2, 0) is 4.79 Å². The molecule has 116 valence electrons. The monoisotopic (exact) mass is 328 g/mol. The van der Waals surface area contributed by atoms with Crippen molar-refractivity contribution in [2.45, 2.75) is 13.8 Å². The van der Waals surface area contributed by atoms with E-state index in [9.17, 15) is 14.7 Å². The summed E-state index contributed by atoms with van der Waals surface area (Å²) in [4.78, 5) is 26.6. The molecule has 8 heteroatoms. The van der Waals surface area contributed by atoms with Crippen LogP contribution in [0.4, 0.5) is 5.13 Å². The molecule has 0 unspecified atom stereocenters. The van der Waals surface area contributed by atoms with Gasteiger partial charge in [-0.25, -0.2) is 9.78 Å². The fourth-order valence-electron chi connectivity index (χ4n) is 2.10. The molecule has 2 aromatic heterocycles. The number of nitrogens with zero attached hydrogens (tertiary/aromatic N) is 3. The zero-order valence-corrected chi connectivity index (χ0v) is 13.1. The average molecular weight is 328 g/mol. The highest BCUT2D eigenvalue weighted by atomic mass is 32.1. The Labute approximate surface area is 135 Å². The van der Waals surface area contributed by atoms with Gasteiger partial charge in [0.15, 0.2) is 5.13 Å². The summed E-state index contributed by atoms with van der Waals surface area (Å²) in [6, 6.07) is 6.95. The number of benzene rings is 1. The van der Waals surface area contributed by atoms with Gasteiger partial charge in [0, 0.05) is 12.5 Å². The van der Waals surface area contributed by atoms with Gasteiger partial charge >= 0.3 is 5.97 Å². The van der Waals surface area contributed by atoms with E-state index in [0.29, 0.717) is 16.5 Å². The molecule has 0 aliphatic rings. The molecule has 0 saturated carbocycles. The number of thiazole rings is 1. The summed E-state index contributed by atoms with van der Waals surface area (Å²) in [6.07, 6.45) is 0. The second-order valence-corrected chi connectivity index (χ2v) is 5.95. The number of hydrogen-bond acceptors (Lipinski definition) is 6. The molecule has 0 aliphatic carbocycles. The summed E-state index contributed by atoms with van der Waals surface area (Å²) >= 11 is 1.34. The second-order valence-electron chi connectivity index (χ2n) is 4.92. The molecule has 2 heterocycles. The molecule has 3 rings (SSSR count). The molecule has 1 amide bonds. The zero-order valence-electron chi connectivity index (χ0n) is 12.3. The number of rotatable bonds is 3. The van der Waals surface area contributed by atoms with Crippen LogP contribution in [0.1, 0.15) is 23.0 Å². The quantitative estimate of drug-likeness (QED) is 0.766. The van der Waals surface area contributed by atoms with E-state index < -0.39 is 5.97 Å². The molecule has 0 atom stereocenters. The standard InChI is InChI=1S/C15H12N4O3S/c1-7-10(14(21)22)6-12(19-18-7)9-3-4-11-13(5-9)23-15(17-11)16-8(2)20/h3-6H,1-2H3,(H,21,22)(H,16,17,20). The second kappa shape index (κ2) is 5.73. The minimum absolute atomic E-state index is 0.123. The predicted molar refractivity (Wildman–Crippen MR) is 86.6 cm³/mol. The summed E-state index contributed by atoms with van der Waals surface area (Å²) < 4.78 is 0.866. The van der Waals surface area contributed by atoms with Crippen LogP contribution in [-0.4, -0.2) is 32.2 Å². The van der Waals surface area contributed by atoms with Crippen LogP contribution in [0.2, 0.25) is 0 Å². The van der Waals surface area contributed by atoms with Crippen LogP contribution in [0, 0.1) is 6.92 Å². The van der Waals surface area contributed by atoms with Gasteiger partial charge in [-0.05, 0) is 25.1 Å². The van der Waals surface area contributed by atoms with Crippen LogP contribution >= 0.6 is 11.3 Å². The highest BCUT2D eigenvalue weighted by Gasteiger charge is 2.13. The maximum absolute atomic E-state index is 11.2. The van der Waals surface area contributed by atoms with Crippen LogP contribution < -0.4 is 5.32 Å². The van der Waals surface area contributed by atoms with E-state index in [-0.39, 0.29) is 11.5 Å². The van der Waals surface area contributed by atoms with Crippen molar-refractivity contribution in [3.05, 3.63) is 35.5 Å². The first-order chi connectivity index (χ1) is 10.9. The van der Waals surface area contributed by atoms with Crippen molar-refractivity contribution < 1.29 is 14.7 Å². The Hall–Kier alpha value is -2.87. The number of anilines is 1. The largest absolute Gasteiger partial charge is 0.478 e. The van der Waals surface area contributed by atoms with E-state index >= 15 is 0 Å². The Kier molecular flexibility index (Phi) is 3.75. The minimum atomic E-state index is -1.04. The molecule has 23 heavy (non-hydrogen) atoms. The number of carbonyl (C=O) groups excluding carboxylic acids is 1. The lowest BCUT2D eigenvalue weighted by atomic mass is 10.1. The van der Waals surface area contributed by atoms with Gasteiger partial charge < -0.3 is 10.4 Å². The highest BCUT2D eigenvalue weighted by Crippen LogP contribution is 2.30. The van der Waals surface area contributed by atoms with Crippen molar-refractivity contribution in [3.8, 4) is 11.3 Å². The average Bonchev–Trinajstić information content (AvgIpc) is 2.87. The van der Waals surface area contributed by atoms with Gasteiger partial charge in [-0.3, -0.25) is 4.79 Å². The van der Waals surface area contributed by atoms with Gasteiger partial charge in [-0.15, -0.1) is 0 Å². The number of fused-ring (bicyclic) bond motifs is 1. The first-order valence-electron chi connectivity index (χ1n) is 6.70. The van der Waals surface area contributed by atoms with Gasteiger partial charge in [0.05, 0.1) is 27.2 Å². The van der Waals surface area contributed by atoms with E-state index in [2.05, 4.69) is 20.5 Å². The summed E-state index contributed by atoms with van der Waals surface area (Å²) in [5.74, 6) is -1.22. The third-order valence-electron chi connectivity index (χ3n) is 3.18. The zero-order chi connectivity index (χ0) is 16.6. The van der Waals surface area contributed by atoms with E-state index in [1.165, 1.54) is 24.3 Å². The number of carbonyl (C=O) groups is 2. The smallest absolute Gasteiger partial charge is 0.337 e. The minimum Gasteiger partial charge on any atom is -0.478 e. The number of nitrogens with one attached hydrogen (secondary N) is 1. The molecule has 0 spiro atoms. The van der Waals surface area contributed by atoms with Crippen molar-refractivity contribution in [3.63, 3.8) is 0 Å². The van der Waals surface area contributed by atoms with E-state index in [1.54, 1.807) is 19.1 Å². The number of hydrogen-bond donors (Lipinski definition) is 2. The summed E-state index contributed by atoms with van der Waals surface area (Å²) in [7, 11) is 0. The van der Waals surface area contributed by atoms with E-state index in [0.717, 1.165) is 15.8 Å². The summed E-state index contributed by atoms with van der Waals surface area (Å²) in [6.45, 7) is 3.03. The number of carboxylic acid groups (broad SMARTS) is 1. The fraction of sp³-hybridized carbons (Fsp3) is 0.133. The third kappa shape index (κ3) is 3.02. The maximum atomic E-state index is 11.2. The molecular weight excluding hydrogens is 316 g/mol. The number of carboxylic acids is 1. The van der Waals surface area contributed by atoms with E-state index in [1.807, 2.05) is 6.07 Å². The van der Waals surface area contributed by atoms with Gasteiger partial charge in [0.2, 0.25) is 5.91 Å². The number of aromatic nitrogens is 3. The van der Waals surface area contributed by atoms with Crippen LogP contribution in [0.5, 0.6) is 0 Å². The molecule has 3 aromatic rings. The van der Waals surface area contributed by atoms with E-state index in [4.69, 9.17) is 0 Å². The van der Waals surface area contributed by atoms with Crippen LogP contribution in [0.15, 0.2) is 24.3 Å². The molecule has 0 saturated heterocycles. The maximum Gasteiger partial charge on any atom is 0.337 e. The molecule has 0 radical (unpaired) electrons. The SMILES string of the molecule is CC(=O)Nc1nc2ccc(-c3cc(C(=O)O)c(C)nn3)cc2s1. The first kappa shape index (κ1) is 15.0. The van der Waals surface area contributed by atoms with Gasteiger partial charge in [0.1, 0.15) is 0 Å². The first-order valence-corrected chi connectivity index (χ1v) is 7.52.